The topological polar surface area (TPSA) is 238 Å². The first-order valence-electron chi connectivity index (χ1n) is 26.2. The first-order valence-corrected chi connectivity index (χ1v) is 43.6. The predicted molar refractivity (Wildman–Crippen MR) is 374 cm³/mol. The Morgan fingerprint density at radius 3 is 1.41 bits per heavy atom. The molecule has 0 saturated carbocycles. The molecule has 1 atom stereocenters. The van der Waals surface area contributed by atoms with Crippen molar-refractivity contribution < 1.29 is 65.7 Å². The van der Waals surface area contributed by atoms with Gasteiger partial charge < -0.3 is 29.8 Å². The molecule has 2 aromatic carbocycles. The van der Waals surface area contributed by atoms with Gasteiger partial charge in [0.25, 0.3) is 5.88 Å². The first kappa shape index (κ1) is 86.3. The molecule has 0 spiro atoms. The summed E-state index contributed by atoms with van der Waals surface area (Å²) < 4.78 is 77.7. The third-order valence-electron chi connectivity index (χ3n) is 9.22. The third-order valence-corrected chi connectivity index (χ3v) is 11.3. The van der Waals surface area contributed by atoms with Gasteiger partial charge in [-0.1, -0.05) is 122 Å². The molecule has 0 aliphatic carbocycles. The number of esters is 3. The Morgan fingerprint density at radius 2 is 1.06 bits per heavy atom. The molecular formula is C56H72Cl3F4I5N9O9V. The normalized spacial score (nSPS) is 10.3. The van der Waals surface area contributed by atoms with E-state index in [1.807, 2.05) is 0 Å². The summed E-state index contributed by atoms with van der Waals surface area (Å²) in [7, 11) is 0. The van der Waals surface area contributed by atoms with E-state index in [9.17, 15) is 36.7 Å². The number of nitrogen functional groups attached to an aromatic ring is 1. The van der Waals surface area contributed by atoms with E-state index >= 15 is 0 Å². The fraction of sp³-hybridized carbons (Fsp3) is 0.429. The van der Waals surface area contributed by atoms with Crippen molar-refractivity contribution in [3.05, 3.63) is 140 Å². The Labute approximate surface area is 586 Å². The summed E-state index contributed by atoms with van der Waals surface area (Å²) in [5.74, 6) is -4.45. The molecule has 0 bridgehead atoms. The number of hydrogen-bond acceptors (Lipinski definition) is 16. The van der Waals surface area contributed by atoms with Gasteiger partial charge in [0.2, 0.25) is 5.65 Å². The number of nitrogens with zero attached hydrogens (tertiary/aromatic N) is 8. The monoisotopic (exact) mass is 1880 g/mol. The van der Waals surface area contributed by atoms with E-state index in [4.69, 9.17) is 59.9 Å². The van der Waals surface area contributed by atoms with Crippen molar-refractivity contribution in [2.24, 2.45) is 0 Å². The van der Waals surface area contributed by atoms with Gasteiger partial charge in [-0.2, -0.15) is 0 Å². The number of rotatable bonds is 12. The van der Waals surface area contributed by atoms with Crippen LogP contribution in [0.15, 0.2) is 55.0 Å². The van der Waals surface area contributed by atoms with Crippen LogP contribution in [0.3, 0.4) is 0 Å². The molecule has 3 N–H and O–H groups in total. The van der Waals surface area contributed by atoms with Crippen molar-refractivity contribution in [2.75, 3.05) is 30.0 Å². The van der Waals surface area contributed by atoms with Crippen molar-refractivity contribution in [1.82, 2.24) is 38.7 Å². The average Bonchev–Trinajstić information content (AvgIpc) is 1.71. The Bertz CT molecular complexity index is 3180. The molecule has 0 radical (unpaired) electrons. The second-order valence-corrected chi connectivity index (χ2v) is 57.2. The zero-order valence-corrected chi connectivity index (χ0v) is 64.8. The van der Waals surface area contributed by atoms with Crippen LogP contribution in [0.1, 0.15) is 136 Å². The molecule has 31 heteroatoms. The van der Waals surface area contributed by atoms with Crippen LogP contribution in [0.4, 0.5) is 23.4 Å². The number of fused-ring (bicyclic) bond motifs is 2. The number of aromatic nitrogens is 8. The van der Waals surface area contributed by atoms with E-state index in [1.165, 1.54) is 40.7 Å². The summed E-state index contributed by atoms with van der Waals surface area (Å²) in [6.45, 7) is 25.7. The number of Topliss-reactive ketones (excluding diaryl/α,β-unsaturated/α-hetero) is 1. The van der Waals surface area contributed by atoms with Gasteiger partial charge in [-0.25, -0.2) is 61.8 Å². The van der Waals surface area contributed by atoms with Gasteiger partial charge in [0.05, 0.1) is 66.7 Å². The summed E-state index contributed by atoms with van der Waals surface area (Å²) in [6.07, 6.45) is 7.47. The van der Waals surface area contributed by atoms with E-state index in [1.54, 1.807) is 78.4 Å². The molecule has 0 fully saturated rings. The van der Waals surface area contributed by atoms with Crippen LogP contribution < -0.4 is 10.5 Å². The molecule has 7 rings (SSSR count). The van der Waals surface area contributed by atoms with Gasteiger partial charge in [0, 0.05) is 21.9 Å². The van der Waals surface area contributed by atoms with Crippen molar-refractivity contribution in [3.8, 4) is 5.88 Å². The molecule has 5 aromatic heterocycles. The molecule has 5 heterocycles. The zero-order valence-electron chi connectivity index (χ0n) is 50.4. The van der Waals surface area contributed by atoms with E-state index in [2.05, 4.69) is 174 Å². The number of ether oxygens (including phenoxy) is 4. The number of anilines is 1. The van der Waals surface area contributed by atoms with Gasteiger partial charge in [-0.15, -0.1) is 11.6 Å². The maximum atomic E-state index is 13.8. The van der Waals surface area contributed by atoms with Crippen LogP contribution in [0, 0.1) is 57.9 Å². The van der Waals surface area contributed by atoms with E-state index < -0.39 is 53.2 Å². The van der Waals surface area contributed by atoms with Crippen LogP contribution in [-0.2, 0) is 41.9 Å². The Morgan fingerprint density at radius 1 is 0.678 bits per heavy atom. The summed E-state index contributed by atoms with van der Waals surface area (Å²) in [6, 6.07) is 7.05. The van der Waals surface area contributed by atoms with Gasteiger partial charge in [-0.05, 0) is 97.4 Å². The van der Waals surface area contributed by atoms with E-state index in [0.29, 0.717) is 40.7 Å². The molecule has 0 aliphatic rings. The minimum absolute atomic E-state index is 0.0753. The SMILES string of the molecule is CC(C)I.CCC.CCCI.CCOC(=O)C(Cl)C(C)=O.CCOC(=O)c1c(C)nc2c(Cl)nc(C)cn12.CCOC(=O)c1c(C)nc2c(OCc3c(F)cccc3F)nc(C)cn12.Cc1cnc(N)c(Cl)n1.OCc1c(F)cccc1F.[I][V]([I])[I]. The van der Waals surface area contributed by atoms with Gasteiger partial charge in [0.1, 0.15) is 29.9 Å². The standard InChI is InChI=1S/C18H17F2N3O3.C11H12ClN3O2.C7H6F2O.C6H9ClO3.C5H6ClN3.2C3H7I.C3H8.3HI.V/c1-4-25-18(24)15-11(3)22-16-17(21-10(2)8-23(15)16)26-9-12-13(19)6-5-7-14(12)20;1-4-17-11(16)8-7(3)14-10-9(12)13-6(2)5-15(8)10;8-6-2-1-3-7(9)5(6)4-10;1-3-10-6(9)5(7)4(2)8;1-3-2-8-5(7)4(6)9-3;1-3(2)4;1-2-3-4;1-3-2;;;;/h5-8H,4,9H2,1-3H3;5H,4H2,1-3H3;1-3,10H,4H2;5H,3H2,1-2H3;2H,1H3,(H2,7,8);3H,1-2H3;2-3H2,1H3;3H2,1-2H3;3*1H;/q;;;;;;;;;;;+3/p-3. The van der Waals surface area contributed by atoms with Crippen LogP contribution in [0.2, 0.25) is 10.3 Å². The first-order chi connectivity index (χ1) is 40.8. The van der Waals surface area contributed by atoms with Gasteiger partial charge in [0.15, 0.2) is 44.3 Å². The number of carbonyl (C=O) groups excluding carboxylic acids is 4. The van der Waals surface area contributed by atoms with E-state index in [0.717, 1.165) is 33.9 Å². The Balaban J connectivity index is 0. The van der Waals surface area contributed by atoms with Crippen molar-refractivity contribution >= 4 is 181 Å². The molecule has 0 saturated heterocycles. The van der Waals surface area contributed by atoms with Crippen LogP contribution in [-0.4, -0.2) is 101 Å². The van der Waals surface area contributed by atoms with Crippen molar-refractivity contribution in [3.63, 3.8) is 0 Å². The second-order valence-electron chi connectivity index (χ2n) is 17.1. The second kappa shape index (κ2) is 48.0. The van der Waals surface area contributed by atoms with Crippen molar-refractivity contribution in [1.29, 1.82) is 0 Å². The quantitative estimate of drug-likeness (QED) is 0.0289. The molecule has 0 amide bonds. The number of hydrogen-bond donors (Lipinski definition) is 2. The molecular weight excluding hydrogens is 1810 g/mol. The Kier molecular flexibility index (Phi) is 47.6. The predicted octanol–water partition coefficient (Wildman–Crippen LogP) is 16.5. The molecule has 87 heavy (non-hydrogen) atoms. The minimum atomic E-state index is -1.14. The molecule has 484 valence electrons. The third kappa shape index (κ3) is 33.9. The van der Waals surface area contributed by atoms with Crippen LogP contribution >= 0.6 is 140 Å². The number of ketones is 1. The number of aliphatic hydroxyl groups is 1. The average molecular weight is 1880 g/mol. The number of nitrogens with two attached hydrogens (primary N) is 1. The molecule has 7 aromatic rings. The van der Waals surface area contributed by atoms with E-state index in [-0.39, 0.29) is 75.0 Å². The molecule has 18 nitrogen and oxygen atoms in total. The number of aryl methyl sites for hydroxylation is 5. The summed E-state index contributed by atoms with van der Waals surface area (Å²) >= 11 is 28.9. The van der Waals surface area contributed by atoms with Crippen LogP contribution in [0.5, 0.6) is 5.88 Å². The fourth-order valence-electron chi connectivity index (χ4n) is 5.81. The number of halogens is 12. The number of aliphatic hydroxyl groups excluding tert-OH is 1. The Hall–Kier alpha value is -2.78. The molecule has 1 unspecified atom stereocenters. The number of alkyl halides is 3. The van der Waals surface area contributed by atoms with Crippen LogP contribution in [0.25, 0.3) is 11.3 Å². The summed E-state index contributed by atoms with van der Waals surface area (Å²) in [5.41, 5.74) is 9.25. The number of carbonyl (C=O) groups is 4. The van der Waals surface area contributed by atoms with Crippen molar-refractivity contribution in [2.45, 2.75) is 132 Å². The maximum absolute atomic E-state index is 13.8. The summed E-state index contributed by atoms with van der Waals surface area (Å²) in [4.78, 5) is 69.2. The van der Waals surface area contributed by atoms with Gasteiger partial charge >= 0.3 is 82.8 Å². The van der Waals surface area contributed by atoms with Gasteiger partial charge in [-0.3, -0.25) is 13.6 Å². The number of imidazole rings is 2. The molecule has 0 aliphatic heterocycles. The summed E-state index contributed by atoms with van der Waals surface area (Å²) in [5, 5.41) is 7.83. The fourth-order valence-corrected chi connectivity index (χ4v) is 6.32. The number of benzene rings is 2. The zero-order chi connectivity index (χ0) is 67.3.